The number of sulfonamides is 1. The van der Waals surface area contributed by atoms with E-state index in [0.29, 0.717) is 50.4 Å². The highest BCUT2D eigenvalue weighted by Crippen LogP contribution is 2.38. The number of likely N-dealkylation sites (N-methyl/N-ethyl adjacent to an activating group) is 1. The molecule has 2 saturated heterocycles. The molecule has 9 nitrogen and oxygen atoms in total. The van der Waals surface area contributed by atoms with Crippen LogP contribution in [0.4, 0.5) is 5.82 Å². The normalized spacial score (nSPS) is 19.6. The Morgan fingerprint density at radius 1 is 1.16 bits per heavy atom. The summed E-state index contributed by atoms with van der Waals surface area (Å²) in [6, 6.07) is 12.4. The first-order chi connectivity index (χ1) is 17.9. The molecule has 2 aliphatic rings. The highest BCUT2D eigenvalue weighted by atomic mass is 32.2. The van der Waals surface area contributed by atoms with Crippen molar-refractivity contribution in [3.63, 3.8) is 0 Å². The van der Waals surface area contributed by atoms with Crippen molar-refractivity contribution in [1.29, 1.82) is 5.26 Å². The molecule has 194 valence electrons. The number of piperidine rings is 1. The lowest BCUT2D eigenvalue weighted by molar-refractivity contribution is 0.120. The van der Waals surface area contributed by atoms with Gasteiger partial charge in [-0.1, -0.05) is 25.1 Å². The number of fused-ring (bicyclic) bond motifs is 1. The molecule has 11 heteroatoms. The van der Waals surface area contributed by atoms with Crippen LogP contribution in [-0.4, -0.2) is 80.0 Å². The molecule has 0 bridgehead atoms. The van der Waals surface area contributed by atoms with E-state index >= 15 is 0 Å². The van der Waals surface area contributed by atoms with E-state index in [2.05, 4.69) is 35.6 Å². The first-order valence-electron chi connectivity index (χ1n) is 12.4. The number of nitrogens with zero attached hydrogens (tertiary/aromatic N) is 6. The lowest BCUT2D eigenvalue weighted by Crippen LogP contribution is -2.48. The van der Waals surface area contributed by atoms with E-state index in [1.807, 2.05) is 12.1 Å². The predicted molar refractivity (Wildman–Crippen MR) is 146 cm³/mol. The Morgan fingerprint density at radius 2 is 1.92 bits per heavy atom. The minimum Gasteiger partial charge on any atom is -0.462 e. The van der Waals surface area contributed by atoms with Gasteiger partial charge in [0.25, 0.3) is 0 Å². The van der Waals surface area contributed by atoms with Crippen molar-refractivity contribution in [2.75, 3.05) is 51.3 Å². The van der Waals surface area contributed by atoms with Gasteiger partial charge < -0.3 is 14.5 Å². The fraction of sp³-hybridized carbons (Fsp3) is 0.423. The minimum atomic E-state index is -3.45. The zero-order chi connectivity index (χ0) is 26.0. The van der Waals surface area contributed by atoms with Gasteiger partial charge >= 0.3 is 6.01 Å². The fourth-order valence-electron chi connectivity index (χ4n) is 4.83. The van der Waals surface area contributed by atoms with Gasteiger partial charge in [-0.2, -0.15) is 19.5 Å². The average Bonchev–Trinajstić information content (AvgIpc) is 3.36. The van der Waals surface area contributed by atoms with Crippen LogP contribution in [0.2, 0.25) is 0 Å². The number of aromatic nitrogens is 2. The van der Waals surface area contributed by atoms with Crippen LogP contribution in [0.1, 0.15) is 24.8 Å². The Labute approximate surface area is 221 Å². The summed E-state index contributed by atoms with van der Waals surface area (Å²) in [4.78, 5) is 15.9. The van der Waals surface area contributed by atoms with E-state index in [9.17, 15) is 8.42 Å². The standard InChI is InChI=1S/C26H30N6O3S2/c1-3-37(33,34)32-14-12-31(13-15-32)24-22-16-23(20-9-7-19(17-27)8-10-20)36-25(22)29-26(28-24)35-18-21-6-4-5-11-30(21)2/h3,7-10,16,21H,1,4-6,11-15,18H2,2H3. The third kappa shape index (κ3) is 5.48. The summed E-state index contributed by atoms with van der Waals surface area (Å²) >= 11 is 1.56. The van der Waals surface area contributed by atoms with Crippen molar-refractivity contribution in [3.05, 3.63) is 47.9 Å². The number of likely N-dealkylation sites (tertiary alicyclic amines) is 1. The third-order valence-corrected chi connectivity index (χ3v) is 9.67. The van der Waals surface area contributed by atoms with E-state index in [1.54, 1.807) is 23.5 Å². The predicted octanol–water partition coefficient (Wildman–Crippen LogP) is 3.69. The van der Waals surface area contributed by atoms with E-state index in [4.69, 9.17) is 20.0 Å². The molecule has 3 aromatic rings. The monoisotopic (exact) mass is 538 g/mol. The van der Waals surface area contributed by atoms with Gasteiger partial charge in [0.05, 0.1) is 17.0 Å². The van der Waals surface area contributed by atoms with E-state index in [0.717, 1.165) is 44.8 Å². The second kappa shape index (κ2) is 10.8. The largest absolute Gasteiger partial charge is 0.462 e. The number of nitriles is 1. The first-order valence-corrected chi connectivity index (χ1v) is 14.7. The number of anilines is 1. The fourth-order valence-corrected chi connectivity index (χ4v) is 6.74. The van der Waals surface area contributed by atoms with Gasteiger partial charge in [-0.05, 0) is 50.2 Å². The second-order valence-corrected chi connectivity index (χ2v) is 12.3. The smallest absolute Gasteiger partial charge is 0.319 e. The molecule has 0 saturated carbocycles. The highest BCUT2D eigenvalue weighted by Gasteiger charge is 2.28. The zero-order valence-electron chi connectivity index (χ0n) is 20.8. The number of thiophene rings is 1. The molecule has 0 spiro atoms. The molecule has 2 aliphatic heterocycles. The number of hydrogen-bond donors (Lipinski definition) is 0. The van der Waals surface area contributed by atoms with Crippen molar-refractivity contribution in [3.8, 4) is 22.5 Å². The summed E-state index contributed by atoms with van der Waals surface area (Å²) in [7, 11) is -1.33. The summed E-state index contributed by atoms with van der Waals surface area (Å²) < 4.78 is 32.1. The van der Waals surface area contributed by atoms with Crippen LogP contribution >= 0.6 is 11.3 Å². The van der Waals surface area contributed by atoms with Crippen LogP contribution in [0.25, 0.3) is 20.7 Å². The summed E-state index contributed by atoms with van der Waals surface area (Å²) in [6.45, 7) is 6.76. The van der Waals surface area contributed by atoms with Gasteiger partial charge in [0.1, 0.15) is 17.3 Å². The van der Waals surface area contributed by atoms with Crippen LogP contribution in [0, 0.1) is 11.3 Å². The van der Waals surface area contributed by atoms with Gasteiger partial charge in [-0.25, -0.2) is 8.42 Å². The molecular weight excluding hydrogens is 508 g/mol. The van der Waals surface area contributed by atoms with Crippen molar-refractivity contribution in [2.24, 2.45) is 0 Å². The topological polar surface area (TPSA) is 103 Å². The summed E-state index contributed by atoms with van der Waals surface area (Å²) in [5.41, 5.74) is 1.61. The molecule has 0 N–H and O–H groups in total. The average molecular weight is 539 g/mol. The van der Waals surface area contributed by atoms with Gasteiger partial charge in [0, 0.05) is 42.5 Å². The van der Waals surface area contributed by atoms with Crippen LogP contribution in [0.15, 0.2) is 42.3 Å². The van der Waals surface area contributed by atoms with Crippen molar-refractivity contribution in [2.45, 2.75) is 25.3 Å². The molecule has 1 aromatic carbocycles. The molecule has 0 aliphatic carbocycles. The molecule has 4 heterocycles. The maximum absolute atomic E-state index is 12.3. The Hall–Kier alpha value is -3.04. The first kappa shape index (κ1) is 25.6. The number of rotatable bonds is 7. The number of ether oxygens (including phenoxy) is 1. The third-order valence-electron chi connectivity index (χ3n) is 7.09. The SMILES string of the molecule is C=CS(=O)(=O)N1CCN(c2nc(OCC3CCCCN3C)nc3sc(-c4ccc(C#N)cc4)cc23)CC1. The molecule has 2 aromatic heterocycles. The van der Waals surface area contributed by atoms with Crippen LogP contribution in [-0.2, 0) is 10.0 Å². The van der Waals surface area contributed by atoms with Crippen molar-refractivity contribution >= 4 is 37.4 Å². The van der Waals surface area contributed by atoms with E-state index in [-0.39, 0.29) is 0 Å². The van der Waals surface area contributed by atoms with E-state index in [1.165, 1.54) is 17.1 Å². The Morgan fingerprint density at radius 3 is 2.59 bits per heavy atom. The molecule has 0 radical (unpaired) electrons. The van der Waals surface area contributed by atoms with Crippen LogP contribution in [0.3, 0.4) is 0 Å². The van der Waals surface area contributed by atoms with Gasteiger partial charge in [0.15, 0.2) is 0 Å². The Kier molecular flexibility index (Phi) is 7.44. The highest BCUT2D eigenvalue weighted by molar-refractivity contribution is 7.92. The molecule has 1 unspecified atom stereocenters. The molecular formula is C26H30N6O3S2. The maximum Gasteiger partial charge on any atom is 0.319 e. The number of piperazine rings is 1. The Balaban J connectivity index is 1.46. The zero-order valence-corrected chi connectivity index (χ0v) is 22.5. The van der Waals surface area contributed by atoms with Gasteiger partial charge in [-0.15, -0.1) is 11.3 Å². The van der Waals surface area contributed by atoms with Crippen LogP contribution < -0.4 is 9.64 Å². The summed E-state index contributed by atoms with van der Waals surface area (Å²) in [6.07, 6.45) is 3.49. The number of hydrogen-bond acceptors (Lipinski definition) is 9. The van der Waals surface area contributed by atoms with Crippen LogP contribution in [0.5, 0.6) is 6.01 Å². The quantitative estimate of drug-likeness (QED) is 0.449. The molecule has 37 heavy (non-hydrogen) atoms. The second-order valence-electron chi connectivity index (χ2n) is 9.39. The summed E-state index contributed by atoms with van der Waals surface area (Å²) in [5, 5.41) is 11.0. The van der Waals surface area contributed by atoms with Gasteiger partial charge in [-0.3, -0.25) is 0 Å². The lowest BCUT2D eigenvalue weighted by atomic mass is 10.0. The molecule has 0 amide bonds. The summed E-state index contributed by atoms with van der Waals surface area (Å²) in [5.74, 6) is 0.754. The molecule has 1 atom stereocenters. The minimum absolute atomic E-state index is 0.335. The van der Waals surface area contributed by atoms with Gasteiger partial charge in [0.2, 0.25) is 10.0 Å². The molecule has 5 rings (SSSR count). The van der Waals surface area contributed by atoms with E-state index < -0.39 is 10.0 Å². The Bertz CT molecular complexity index is 1420. The van der Waals surface area contributed by atoms with Crippen molar-refractivity contribution in [1.82, 2.24) is 19.2 Å². The lowest BCUT2D eigenvalue weighted by Gasteiger charge is -2.34. The molecule has 2 fully saturated rings. The number of benzene rings is 1. The van der Waals surface area contributed by atoms with Crippen molar-refractivity contribution < 1.29 is 13.2 Å². The maximum atomic E-state index is 12.3.